The fourth-order valence-corrected chi connectivity index (χ4v) is 3.37. The highest BCUT2D eigenvalue weighted by Gasteiger charge is 2.18. The molecule has 0 saturated carbocycles. The highest BCUT2D eigenvalue weighted by molar-refractivity contribution is 6.32. The van der Waals surface area contributed by atoms with Gasteiger partial charge in [-0.3, -0.25) is 9.59 Å². The van der Waals surface area contributed by atoms with Gasteiger partial charge in [0, 0.05) is 17.6 Å². The molecule has 0 atom stereocenters. The maximum atomic E-state index is 12.8. The Morgan fingerprint density at radius 2 is 1.81 bits per heavy atom. The number of benzene rings is 2. The van der Waals surface area contributed by atoms with Gasteiger partial charge < -0.3 is 24.1 Å². The first-order valence-corrected chi connectivity index (χ1v) is 9.78. The van der Waals surface area contributed by atoms with Crippen LogP contribution in [0.4, 0.5) is 5.69 Å². The lowest BCUT2D eigenvalue weighted by atomic mass is 10.1. The maximum Gasteiger partial charge on any atom is 0.343 e. The van der Waals surface area contributed by atoms with E-state index in [0.29, 0.717) is 33.1 Å². The third-order valence-corrected chi connectivity index (χ3v) is 4.84. The number of ether oxygens (including phenoxy) is 3. The van der Waals surface area contributed by atoms with Crippen LogP contribution in [0.1, 0.15) is 17.3 Å². The molecule has 1 aromatic heterocycles. The molecule has 0 radical (unpaired) electrons. The number of halogens is 1. The van der Waals surface area contributed by atoms with Gasteiger partial charge >= 0.3 is 5.97 Å². The number of rotatable bonds is 7. The van der Waals surface area contributed by atoms with Crippen LogP contribution in [0.3, 0.4) is 0 Å². The lowest BCUT2D eigenvalue weighted by molar-refractivity contribution is -0.116. The predicted molar refractivity (Wildman–Crippen MR) is 117 cm³/mol. The van der Waals surface area contributed by atoms with Crippen LogP contribution in [0.5, 0.6) is 11.5 Å². The Morgan fingerprint density at radius 3 is 2.48 bits per heavy atom. The summed E-state index contributed by atoms with van der Waals surface area (Å²) < 4.78 is 17.0. The maximum absolute atomic E-state index is 12.8. The number of carbonyl (C=O) groups is 2. The van der Waals surface area contributed by atoms with Gasteiger partial charge in [-0.2, -0.15) is 0 Å². The van der Waals surface area contributed by atoms with Crippen LogP contribution < -0.4 is 20.2 Å². The minimum atomic E-state index is -0.740. The molecule has 3 rings (SSSR count). The van der Waals surface area contributed by atoms with E-state index in [9.17, 15) is 14.4 Å². The van der Waals surface area contributed by atoms with E-state index in [1.165, 1.54) is 31.0 Å². The highest BCUT2D eigenvalue weighted by Crippen LogP contribution is 2.35. The van der Waals surface area contributed by atoms with Crippen molar-refractivity contribution in [1.29, 1.82) is 0 Å². The van der Waals surface area contributed by atoms with Crippen LogP contribution in [0.25, 0.3) is 10.9 Å². The average molecular weight is 445 g/mol. The molecule has 0 saturated heterocycles. The smallest absolute Gasteiger partial charge is 0.343 e. The largest absolute Gasteiger partial charge is 0.495 e. The van der Waals surface area contributed by atoms with E-state index < -0.39 is 17.3 Å². The van der Waals surface area contributed by atoms with Crippen molar-refractivity contribution in [3.63, 3.8) is 0 Å². The van der Waals surface area contributed by atoms with Gasteiger partial charge in [0.1, 0.15) is 23.6 Å². The third-order valence-electron chi connectivity index (χ3n) is 4.54. The molecule has 0 unspecified atom stereocenters. The molecule has 31 heavy (non-hydrogen) atoms. The Morgan fingerprint density at radius 1 is 1.10 bits per heavy atom. The Labute approximate surface area is 183 Å². The predicted octanol–water partition coefficient (Wildman–Crippen LogP) is 3.49. The molecule has 9 heteroatoms. The normalized spacial score (nSPS) is 10.6. The zero-order valence-electron chi connectivity index (χ0n) is 17.2. The third kappa shape index (κ3) is 4.64. The number of pyridine rings is 1. The summed E-state index contributed by atoms with van der Waals surface area (Å²) in [6.45, 7) is 1.61. The van der Waals surface area contributed by atoms with Gasteiger partial charge in [-0.25, -0.2) is 4.79 Å². The molecule has 0 aliphatic carbocycles. The monoisotopic (exact) mass is 444 g/mol. The van der Waals surface area contributed by atoms with E-state index in [-0.39, 0.29) is 18.7 Å². The summed E-state index contributed by atoms with van der Waals surface area (Å²) in [5.74, 6) is -0.382. The lowest BCUT2D eigenvalue weighted by Gasteiger charge is -2.15. The van der Waals surface area contributed by atoms with Gasteiger partial charge in [0.25, 0.3) is 0 Å². The van der Waals surface area contributed by atoms with Gasteiger partial charge in [-0.05, 0) is 25.1 Å². The Balaban J connectivity index is 1.97. The summed E-state index contributed by atoms with van der Waals surface area (Å²) in [6, 6.07) is 9.81. The fraction of sp³-hybridized carbons (Fsp3) is 0.227. The molecule has 162 valence electrons. The number of esters is 1. The van der Waals surface area contributed by atoms with Crippen LogP contribution >= 0.6 is 11.6 Å². The number of carbonyl (C=O) groups excluding carboxylic acids is 2. The standard InChI is InChI=1S/C22H21ClN2O6/c1-4-31-22(28)14-11-25(17-8-6-5-7-13(17)21(14)27)12-20(26)24-16-9-15(23)18(29-2)10-19(16)30-3/h5-11H,4,12H2,1-3H3,(H,24,26). The molecule has 1 amide bonds. The lowest BCUT2D eigenvalue weighted by Crippen LogP contribution is -2.24. The van der Waals surface area contributed by atoms with Crippen molar-refractivity contribution in [2.75, 3.05) is 26.1 Å². The van der Waals surface area contributed by atoms with Gasteiger partial charge in [-0.1, -0.05) is 23.7 Å². The molecule has 0 bridgehead atoms. The summed E-state index contributed by atoms with van der Waals surface area (Å²) in [6.07, 6.45) is 1.33. The van der Waals surface area contributed by atoms with Crippen molar-refractivity contribution in [2.24, 2.45) is 0 Å². The summed E-state index contributed by atoms with van der Waals surface area (Å²) in [7, 11) is 2.93. The van der Waals surface area contributed by atoms with Crippen molar-refractivity contribution in [2.45, 2.75) is 13.5 Å². The second-order valence-electron chi connectivity index (χ2n) is 6.47. The first-order valence-electron chi connectivity index (χ1n) is 9.40. The Kier molecular flexibility index (Phi) is 6.81. The highest BCUT2D eigenvalue weighted by atomic mass is 35.5. The van der Waals surface area contributed by atoms with E-state index >= 15 is 0 Å². The minimum Gasteiger partial charge on any atom is -0.495 e. The number of methoxy groups -OCH3 is 2. The number of anilines is 1. The van der Waals surface area contributed by atoms with Gasteiger partial charge in [-0.15, -0.1) is 0 Å². The number of para-hydroxylation sites is 1. The van der Waals surface area contributed by atoms with Gasteiger partial charge in [0.2, 0.25) is 11.3 Å². The second-order valence-corrected chi connectivity index (χ2v) is 6.88. The van der Waals surface area contributed by atoms with Crippen LogP contribution in [-0.2, 0) is 16.1 Å². The Bertz CT molecular complexity index is 1200. The van der Waals surface area contributed by atoms with Crippen molar-refractivity contribution < 1.29 is 23.8 Å². The van der Waals surface area contributed by atoms with Crippen molar-refractivity contribution >= 4 is 40.1 Å². The molecule has 2 aromatic carbocycles. The zero-order chi connectivity index (χ0) is 22.5. The molecular weight excluding hydrogens is 424 g/mol. The molecule has 1 N–H and O–H groups in total. The first kappa shape index (κ1) is 22.2. The van der Waals surface area contributed by atoms with E-state index in [1.54, 1.807) is 37.3 Å². The van der Waals surface area contributed by atoms with Crippen molar-refractivity contribution in [1.82, 2.24) is 4.57 Å². The van der Waals surface area contributed by atoms with E-state index in [2.05, 4.69) is 5.32 Å². The molecule has 0 spiro atoms. The molecular formula is C22H21ClN2O6. The van der Waals surface area contributed by atoms with Crippen LogP contribution in [-0.4, -0.2) is 37.3 Å². The summed E-state index contributed by atoms with van der Waals surface area (Å²) in [5.41, 5.74) is 0.275. The van der Waals surface area contributed by atoms with E-state index in [1.807, 2.05) is 0 Å². The topological polar surface area (TPSA) is 95.9 Å². The molecule has 0 fully saturated rings. The molecule has 0 aliphatic heterocycles. The van der Waals surface area contributed by atoms with Crippen LogP contribution in [0.15, 0.2) is 47.4 Å². The summed E-state index contributed by atoms with van der Waals surface area (Å²) in [5, 5.41) is 3.35. The minimum absolute atomic E-state index is 0.129. The first-order chi connectivity index (χ1) is 14.9. The number of nitrogens with one attached hydrogen (secondary N) is 1. The number of aromatic nitrogens is 1. The summed E-state index contributed by atoms with van der Waals surface area (Å²) >= 11 is 6.16. The number of amides is 1. The molecule has 8 nitrogen and oxygen atoms in total. The molecule has 1 heterocycles. The quantitative estimate of drug-likeness (QED) is 0.560. The summed E-state index contributed by atoms with van der Waals surface area (Å²) in [4.78, 5) is 37.7. The Hall–Kier alpha value is -3.52. The van der Waals surface area contributed by atoms with E-state index in [0.717, 1.165) is 0 Å². The van der Waals surface area contributed by atoms with Crippen molar-refractivity contribution in [3.05, 3.63) is 63.4 Å². The molecule has 0 aliphatic rings. The number of hydrogen-bond donors (Lipinski definition) is 1. The molecule has 3 aromatic rings. The average Bonchev–Trinajstić information content (AvgIpc) is 2.76. The van der Waals surface area contributed by atoms with Crippen molar-refractivity contribution in [3.8, 4) is 11.5 Å². The van der Waals surface area contributed by atoms with Gasteiger partial charge in [0.05, 0.1) is 37.1 Å². The number of hydrogen-bond acceptors (Lipinski definition) is 6. The number of nitrogens with zero attached hydrogens (tertiary/aromatic N) is 1. The van der Waals surface area contributed by atoms with Crippen LogP contribution in [0, 0.1) is 0 Å². The van der Waals surface area contributed by atoms with Crippen LogP contribution in [0.2, 0.25) is 5.02 Å². The number of fused-ring (bicyclic) bond motifs is 1. The zero-order valence-corrected chi connectivity index (χ0v) is 18.0. The van der Waals surface area contributed by atoms with E-state index in [4.69, 9.17) is 25.8 Å². The second kappa shape index (κ2) is 9.53. The van der Waals surface area contributed by atoms with Gasteiger partial charge in [0.15, 0.2) is 0 Å². The SMILES string of the molecule is CCOC(=O)c1cn(CC(=O)Nc2cc(Cl)c(OC)cc2OC)c2ccccc2c1=O. The fourth-order valence-electron chi connectivity index (χ4n) is 3.13.